The van der Waals surface area contributed by atoms with Gasteiger partial charge in [-0.25, -0.2) is 4.98 Å². The zero-order valence-electron chi connectivity index (χ0n) is 13.6. The smallest absolute Gasteiger partial charge is 0.259 e. The van der Waals surface area contributed by atoms with Crippen molar-refractivity contribution in [2.45, 2.75) is 13.8 Å². The Morgan fingerprint density at radius 2 is 1.96 bits per heavy atom. The zero-order valence-corrected chi connectivity index (χ0v) is 13.6. The number of aromatic nitrogens is 2. The number of carbonyl (C=O) groups is 1. The second-order valence-corrected chi connectivity index (χ2v) is 5.05. The summed E-state index contributed by atoms with van der Waals surface area (Å²) in [4.78, 5) is 23.0. The van der Waals surface area contributed by atoms with Crippen LogP contribution in [0.25, 0.3) is 0 Å². The van der Waals surface area contributed by atoms with Gasteiger partial charge in [0.15, 0.2) is 0 Å². The van der Waals surface area contributed by atoms with Crippen molar-refractivity contribution in [1.29, 1.82) is 0 Å². The molecule has 6 heteroatoms. The monoisotopic (exact) mass is 313 g/mol. The van der Waals surface area contributed by atoms with Crippen molar-refractivity contribution >= 4 is 17.4 Å². The highest BCUT2D eigenvalue weighted by Crippen LogP contribution is 2.14. The number of carbonyl (C=O) groups excluding carboxylic acids is 1. The molecule has 2 heterocycles. The second-order valence-electron chi connectivity index (χ2n) is 5.05. The molecule has 0 bridgehead atoms. The van der Waals surface area contributed by atoms with Crippen LogP contribution in [0.3, 0.4) is 0 Å². The van der Waals surface area contributed by atoms with Gasteiger partial charge in [-0.3, -0.25) is 9.78 Å². The number of pyridine rings is 2. The van der Waals surface area contributed by atoms with E-state index in [9.17, 15) is 4.79 Å². The van der Waals surface area contributed by atoms with Crippen molar-refractivity contribution in [3.05, 3.63) is 48.4 Å². The van der Waals surface area contributed by atoms with Crippen molar-refractivity contribution in [3.8, 4) is 0 Å². The first-order chi connectivity index (χ1) is 11.2. The van der Waals surface area contributed by atoms with Crippen LogP contribution in [0.15, 0.2) is 42.9 Å². The molecule has 122 valence electrons. The number of nitrogens with one attached hydrogen (secondary N) is 2. The van der Waals surface area contributed by atoms with Crippen LogP contribution in [0.5, 0.6) is 0 Å². The molecule has 0 saturated heterocycles. The van der Waals surface area contributed by atoms with E-state index in [1.165, 1.54) is 0 Å². The van der Waals surface area contributed by atoms with Crippen LogP contribution in [0.4, 0.5) is 11.5 Å². The average Bonchev–Trinajstić information content (AvgIpc) is 2.60. The molecule has 0 unspecified atom stereocenters. The lowest BCUT2D eigenvalue weighted by Gasteiger charge is -2.18. The Bertz CT molecular complexity index is 613. The molecule has 0 aliphatic rings. The molecule has 0 saturated carbocycles. The number of hydrogen-bond donors (Lipinski definition) is 2. The van der Waals surface area contributed by atoms with Gasteiger partial charge in [0.2, 0.25) is 0 Å². The number of likely N-dealkylation sites (N-methyl/N-ethyl adjacent to an activating group) is 1. The van der Waals surface area contributed by atoms with E-state index in [1.807, 2.05) is 0 Å². The van der Waals surface area contributed by atoms with Gasteiger partial charge in [-0.2, -0.15) is 0 Å². The van der Waals surface area contributed by atoms with E-state index < -0.39 is 0 Å². The number of anilines is 2. The number of rotatable bonds is 8. The van der Waals surface area contributed by atoms with Gasteiger partial charge in [-0.15, -0.1) is 0 Å². The van der Waals surface area contributed by atoms with Gasteiger partial charge < -0.3 is 15.5 Å². The average molecular weight is 313 g/mol. The summed E-state index contributed by atoms with van der Waals surface area (Å²) >= 11 is 0. The van der Waals surface area contributed by atoms with Crippen LogP contribution < -0.4 is 10.6 Å². The molecule has 0 spiro atoms. The van der Waals surface area contributed by atoms with E-state index in [0.29, 0.717) is 17.1 Å². The van der Waals surface area contributed by atoms with Gasteiger partial charge in [0.05, 0.1) is 17.4 Å². The third-order valence-electron chi connectivity index (χ3n) is 3.59. The van der Waals surface area contributed by atoms with Gasteiger partial charge in [0.1, 0.15) is 5.82 Å². The predicted molar refractivity (Wildman–Crippen MR) is 92.7 cm³/mol. The Labute approximate surface area is 137 Å². The molecule has 2 aromatic rings. The van der Waals surface area contributed by atoms with Crippen molar-refractivity contribution in [1.82, 2.24) is 14.9 Å². The summed E-state index contributed by atoms with van der Waals surface area (Å²) in [5.74, 6) is 0.400. The second kappa shape index (κ2) is 8.85. The summed E-state index contributed by atoms with van der Waals surface area (Å²) in [6.45, 7) is 7.94. The topological polar surface area (TPSA) is 70.2 Å². The molecule has 0 atom stereocenters. The van der Waals surface area contributed by atoms with E-state index in [4.69, 9.17) is 0 Å². The van der Waals surface area contributed by atoms with Crippen molar-refractivity contribution < 1.29 is 4.79 Å². The van der Waals surface area contributed by atoms with Gasteiger partial charge in [-0.05, 0) is 37.4 Å². The van der Waals surface area contributed by atoms with Crippen molar-refractivity contribution in [3.63, 3.8) is 0 Å². The molecule has 2 rings (SSSR count). The first-order valence-electron chi connectivity index (χ1n) is 7.87. The summed E-state index contributed by atoms with van der Waals surface area (Å²) in [7, 11) is 0. The van der Waals surface area contributed by atoms with Crippen LogP contribution in [0.2, 0.25) is 0 Å². The van der Waals surface area contributed by atoms with Gasteiger partial charge in [-0.1, -0.05) is 13.8 Å². The van der Waals surface area contributed by atoms with Crippen LogP contribution >= 0.6 is 0 Å². The van der Waals surface area contributed by atoms with Crippen LogP contribution in [-0.2, 0) is 0 Å². The summed E-state index contributed by atoms with van der Waals surface area (Å²) in [6, 6.07) is 7.10. The molecular weight excluding hydrogens is 290 g/mol. The van der Waals surface area contributed by atoms with Crippen LogP contribution in [-0.4, -0.2) is 47.0 Å². The van der Waals surface area contributed by atoms with E-state index >= 15 is 0 Å². The van der Waals surface area contributed by atoms with Gasteiger partial charge in [0.25, 0.3) is 5.91 Å². The third-order valence-corrected chi connectivity index (χ3v) is 3.59. The normalized spacial score (nSPS) is 10.6. The van der Waals surface area contributed by atoms with Crippen molar-refractivity contribution in [2.75, 3.05) is 36.8 Å². The van der Waals surface area contributed by atoms with E-state index in [-0.39, 0.29) is 5.91 Å². The standard InChI is InChI=1S/C17H23N5O/c1-3-22(4-2)12-11-20-16-15(8-6-10-19-16)17(23)21-14-7-5-9-18-13-14/h5-10,13H,3-4,11-12H2,1-2H3,(H,19,20)(H,21,23). The molecule has 2 aromatic heterocycles. The Hall–Kier alpha value is -2.47. The summed E-state index contributed by atoms with van der Waals surface area (Å²) in [6.07, 6.45) is 4.96. The lowest BCUT2D eigenvalue weighted by atomic mass is 10.2. The Kier molecular flexibility index (Phi) is 6.50. The third kappa shape index (κ3) is 5.03. The first-order valence-corrected chi connectivity index (χ1v) is 7.87. The summed E-state index contributed by atoms with van der Waals surface area (Å²) in [5, 5.41) is 6.08. The Morgan fingerprint density at radius 1 is 1.17 bits per heavy atom. The largest absolute Gasteiger partial charge is 0.368 e. The van der Waals surface area contributed by atoms with Crippen molar-refractivity contribution in [2.24, 2.45) is 0 Å². The maximum absolute atomic E-state index is 12.4. The molecule has 0 fully saturated rings. The highest BCUT2D eigenvalue weighted by molar-refractivity contribution is 6.07. The molecule has 23 heavy (non-hydrogen) atoms. The quantitative estimate of drug-likeness (QED) is 0.783. The SMILES string of the molecule is CCN(CC)CCNc1ncccc1C(=O)Nc1cccnc1. The highest BCUT2D eigenvalue weighted by Gasteiger charge is 2.12. The lowest BCUT2D eigenvalue weighted by Crippen LogP contribution is -2.29. The van der Waals surface area contributed by atoms with E-state index in [0.717, 1.165) is 26.2 Å². The fraction of sp³-hybridized carbons (Fsp3) is 0.353. The molecule has 0 aliphatic carbocycles. The fourth-order valence-corrected chi connectivity index (χ4v) is 2.24. The number of hydrogen-bond acceptors (Lipinski definition) is 5. The molecule has 0 radical (unpaired) electrons. The van der Waals surface area contributed by atoms with E-state index in [1.54, 1.807) is 42.9 Å². The van der Waals surface area contributed by atoms with Gasteiger partial charge in [0, 0.05) is 25.5 Å². The Morgan fingerprint density at radius 3 is 2.65 bits per heavy atom. The van der Waals surface area contributed by atoms with Crippen LogP contribution in [0.1, 0.15) is 24.2 Å². The number of amides is 1. The summed E-state index contributed by atoms with van der Waals surface area (Å²) < 4.78 is 0. The Balaban J connectivity index is 2.00. The maximum Gasteiger partial charge on any atom is 0.259 e. The lowest BCUT2D eigenvalue weighted by molar-refractivity contribution is 0.102. The van der Waals surface area contributed by atoms with E-state index in [2.05, 4.69) is 39.3 Å². The molecule has 0 aromatic carbocycles. The molecule has 6 nitrogen and oxygen atoms in total. The minimum atomic E-state index is -0.198. The first kappa shape index (κ1) is 16.9. The van der Waals surface area contributed by atoms with Crippen LogP contribution in [0, 0.1) is 0 Å². The molecule has 1 amide bonds. The maximum atomic E-state index is 12.4. The number of nitrogens with zero attached hydrogens (tertiary/aromatic N) is 3. The predicted octanol–water partition coefficient (Wildman–Crippen LogP) is 2.48. The summed E-state index contributed by atoms with van der Waals surface area (Å²) in [5.41, 5.74) is 1.19. The molecule has 0 aliphatic heterocycles. The molecule has 2 N–H and O–H groups in total. The van der Waals surface area contributed by atoms with Gasteiger partial charge >= 0.3 is 0 Å². The fourth-order valence-electron chi connectivity index (χ4n) is 2.24. The minimum Gasteiger partial charge on any atom is -0.368 e. The zero-order chi connectivity index (χ0) is 16.5. The molecular formula is C17H23N5O. The minimum absolute atomic E-state index is 0.198. The highest BCUT2D eigenvalue weighted by atomic mass is 16.1.